The van der Waals surface area contributed by atoms with Crippen LogP contribution in [0.4, 0.5) is 5.82 Å². The molecule has 8 heteroatoms. The van der Waals surface area contributed by atoms with Gasteiger partial charge in [-0.2, -0.15) is 0 Å². The van der Waals surface area contributed by atoms with Gasteiger partial charge in [-0.15, -0.1) is 5.10 Å². The summed E-state index contributed by atoms with van der Waals surface area (Å²) in [6.07, 6.45) is 6.55. The van der Waals surface area contributed by atoms with Gasteiger partial charge in [0, 0.05) is 32.3 Å². The van der Waals surface area contributed by atoms with Crippen molar-refractivity contribution in [1.29, 1.82) is 0 Å². The normalized spacial score (nSPS) is 20.6. The van der Waals surface area contributed by atoms with E-state index in [0.717, 1.165) is 42.6 Å². The second-order valence-electron chi connectivity index (χ2n) is 6.08. The fraction of sp³-hybridized carbons (Fsp3) is 0.500. The minimum absolute atomic E-state index is 0.000355. The number of anilines is 1. The van der Waals surface area contributed by atoms with Crippen LogP contribution in [0.15, 0.2) is 24.5 Å². The maximum atomic E-state index is 12.4. The molecule has 126 valence electrons. The largest absolute Gasteiger partial charge is 0.485 e. The molecular weight excluding hydrogens is 326 g/mol. The van der Waals surface area contributed by atoms with Gasteiger partial charge in [-0.3, -0.25) is 4.79 Å². The van der Waals surface area contributed by atoms with Crippen LogP contribution in [0.3, 0.4) is 0 Å². The first-order chi connectivity index (χ1) is 11.8. The van der Waals surface area contributed by atoms with Gasteiger partial charge in [-0.05, 0) is 36.5 Å². The molecule has 2 aliphatic rings. The summed E-state index contributed by atoms with van der Waals surface area (Å²) in [4.78, 5) is 21.5. The fourth-order valence-electron chi connectivity index (χ4n) is 3.25. The molecule has 0 bridgehead atoms. The van der Waals surface area contributed by atoms with E-state index >= 15 is 0 Å². The number of pyridine rings is 1. The highest BCUT2D eigenvalue weighted by Gasteiger charge is 2.30. The Hall–Kier alpha value is -2.22. The molecule has 24 heavy (non-hydrogen) atoms. The van der Waals surface area contributed by atoms with E-state index in [4.69, 9.17) is 4.74 Å². The fourth-order valence-corrected chi connectivity index (χ4v) is 3.73. The molecule has 0 radical (unpaired) electrons. The number of nitrogens with zero attached hydrogens (tertiary/aromatic N) is 5. The maximum Gasteiger partial charge on any atom is 0.267 e. The van der Waals surface area contributed by atoms with Crippen molar-refractivity contribution in [2.45, 2.75) is 25.4 Å². The summed E-state index contributed by atoms with van der Waals surface area (Å²) in [6.45, 7) is 3.34. The Kier molecular flexibility index (Phi) is 4.29. The molecule has 0 saturated carbocycles. The first-order valence-electron chi connectivity index (χ1n) is 8.24. The quantitative estimate of drug-likeness (QED) is 0.842. The lowest BCUT2D eigenvalue weighted by molar-refractivity contribution is 0.0777. The van der Waals surface area contributed by atoms with E-state index in [2.05, 4.69) is 19.5 Å². The second-order valence-corrected chi connectivity index (χ2v) is 6.87. The molecule has 0 aliphatic carbocycles. The van der Waals surface area contributed by atoms with Gasteiger partial charge in [-0.1, -0.05) is 4.49 Å². The Morgan fingerprint density at radius 2 is 2.17 bits per heavy atom. The van der Waals surface area contributed by atoms with E-state index in [1.54, 1.807) is 0 Å². The Balaban J connectivity index is 1.43. The third-order valence-electron chi connectivity index (χ3n) is 4.45. The summed E-state index contributed by atoms with van der Waals surface area (Å²) < 4.78 is 9.95. The molecule has 2 aromatic heterocycles. The zero-order valence-electron chi connectivity index (χ0n) is 13.3. The lowest BCUT2D eigenvalue weighted by Gasteiger charge is -2.22. The van der Waals surface area contributed by atoms with E-state index in [0.29, 0.717) is 18.0 Å². The summed E-state index contributed by atoms with van der Waals surface area (Å²) in [5.41, 5.74) is 0. The van der Waals surface area contributed by atoms with Crippen LogP contribution < -0.4 is 9.64 Å². The first-order valence-corrected chi connectivity index (χ1v) is 9.02. The third kappa shape index (κ3) is 3.06. The molecule has 2 aliphatic heterocycles. The molecule has 1 amide bonds. The van der Waals surface area contributed by atoms with E-state index in [9.17, 15) is 4.79 Å². The van der Waals surface area contributed by atoms with Crippen molar-refractivity contribution in [3.05, 3.63) is 29.4 Å². The van der Waals surface area contributed by atoms with Gasteiger partial charge in [0.25, 0.3) is 5.91 Å². The monoisotopic (exact) mass is 345 g/mol. The zero-order valence-corrected chi connectivity index (χ0v) is 14.1. The number of carbonyl (C=O) groups excluding carboxylic acids is 1. The molecule has 0 unspecified atom stereocenters. The summed E-state index contributed by atoms with van der Waals surface area (Å²) in [5.74, 6) is 1.73. The topological polar surface area (TPSA) is 71.5 Å². The number of rotatable bonds is 4. The Bertz CT molecular complexity index is 702. The van der Waals surface area contributed by atoms with E-state index in [1.165, 1.54) is 19.0 Å². The average molecular weight is 345 g/mol. The van der Waals surface area contributed by atoms with E-state index < -0.39 is 0 Å². The number of carbonyl (C=O) groups is 1. The average Bonchev–Trinajstić information content (AvgIpc) is 3.36. The van der Waals surface area contributed by atoms with Gasteiger partial charge in [0.2, 0.25) is 0 Å². The van der Waals surface area contributed by atoms with E-state index in [1.807, 2.05) is 23.2 Å². The second kappa shape index (κ2) is 6.72. The molecule has 0 N–H and O–H groups in total. The summed E-state index contributed by atoms with van der Waals surface area (Å²) >= 11 is 1.13. The van der Waals surface area contributed by atoms with Crippen LogP contribution in [-0.2, 0) is 0 Å². The highest BCUT2D eigenvalue weighted by Crippen LogP contribution is 2.30. The van der Waals surface area contributed by atoms with Crippen molar-refractivity contribution in [3.8, 4) is 5.75 Å². The third-order valence-corrected chi connectivity index (χ3v) is 5.11. The van der Waals surface area contributed by atoms with Crippen molar-refractivity contribution >= 4 is 23.3 Å². The molecule has 0 aromatic carbocycles. The van der Waals surface area contributed by atoms with Crippen LogP contribution in [-0.4, -0.2) is 57.7 Å². The highest BCUT2D eigenvalue weighted by atomic mass is 32.1. The number of hydrogen-bond donors (Lipinski definition) is 0. The minimum atomic E-state index is -0.0120. The number of hydrogen-bond acceptors (Lipinski definition) is 7. The molecule has 2 aromatic rings. The van der Waals surface area contributed by atoms with Crippen LogP contribution in [0.25, 0.3) is 0 Å². The van der Waals surface area contributed by atoms with Gasteiger partial charge in [0.05, 0.1) is 12.7 Å². The lowest BCUT2D eigenvalue weighted by Crippen LogP contribution is -2.30. The predicted molar refractivity (Wildman–Crippen MR) is 90.5 cm³/mol. The van der Waals surface area contributed by atoms with Gasteiger partial charge in [-0.25, -0.2) is 4.98 Å². The molecule has 2 fully saturated rings. The Morgan fingerprint density at radius 3 is 2.96 bits per heavy atom. The van der Waals surface area contributed by atoms with E-state index in [-0.39, 0.29) is 12.0 Å². The molecule has 4 rings (SSSR count). The van der Waals surface area contributed by atoms with Crippen molar-refractivity contribution in [2.75, 3.05) is 31.1 Å². The Morgan fingerprint density at radius 1 is 1.29 bits per heavy atom. The predicted octanol–water partition coefficient (Wildman–Crippen LogP) is 1.83. The molecule has 2 saturated heterocycles. The summed E-state index contributed by atoms with van der Waals surface area (Å²) in [6, 6.07) is 3.87. The zero-order chi connectivity index (χ0) is 16.4. The number of likely N-dealkylation sites (tertiary alicyclic amines) is 1. The van der Waals surface area contributed by atoms with Crippen molar-refractivity contribution < 1.29 is 9.53 Å². The van der Waals surface area contributed by atoms with Crippen molar-refractivity contribution in [1.82, 2.24) is 19.5 Å². The van der Waals surface area contributed by atoms with Crippen molar-refractivity contribution in [2.24, 2.45) is 0 Å². The van der Waals surface area contributed by atoms with Crippen molar-refractivity contribution in [3.63, 3.8) is 0 Å². The minimum Gasteiger partial charge on any atom is -0.485 e. The van der Waals surface area contributed by atoms with Gasteiger partial charge >= 0.3 is 0 Å². The molecule has 7 nitrogen and oxygen atoms in total. The molecule has 1 atom stereocenters. The first kappa shape index (κ1) is 15.3. The molecule has 0 spiro atoms. The number of aromatic nitrogens is 3. The lowest BCUT2D eigenvalue weighted by atomic mass is 10.3. The van der Waals surface area contributed by atoms with Crippen LogP contribution in [0, 0.1) is 0 Å². The standard InChI is InChI=1S/C16H19N5O2S/c22-16(14-10-18-19-24-14)21-9-5-12(11-21)23-13-4-3-6-17-15(13)20-7-1-2-8-20/h3-4,6,10,12H,1-2,5,7-9,11H2/t12-/m1/s1. The SMILES string of the molecule is O=C(c1cnns1)N1CC[C@@H](Oc2cccnc2N2CCCC2)C1. The number of amides is 1. The summed E-state index contributed by atoms with van der Waals surface area (Å²) in [7, 11) is 0. The summed E-state index contributed by atoms with van der Waals surface area (Å²) in [5, 5.41) is 3.73. The van der Waals surface area contributed by atoms with Gasteiger partial charge in [0.15, 0.2) is 11.6 Å². The van der Waals surface area contributed by atoms with Crippen LogP contribution in [0.5, 0.6) is 5.75 Å². The highest BCUT2D eigenvalue weighted by molar-refractivity contribution is 7.07. The smallest absolute Gasteiger partial charge is 0.267 e. The van der Waals surface area contributed by atoms with Gasteiger partial charge in [0.1, 0.15) is 11.0 Å². The van der Waals surface area contributed by atoms with Crippen LogP contribution in [0.1, 0.15) is 28.9 Å². The Labute approximate surface area is 144 Å². The number of ether oxygens (including phenoxy) is 1. The van der Waals surface area contributed by atoms with Gasteiger partial charge < -0.3 is 14.5 Å². The van der Waals surface area contributed by atoms with Crippen LogP contribution in [0.2, 0.25) is 0 Å². The maximum absolute atomic E-state index is 12.4. The molecular formula is C16H19N5O2S. The van der Waals surface area contributed by atoms with Crippen LogP contribution >= 0.6 is 11.5 Å². The molecule has 4 heterocycles.